The highest BCUT2D eigenvalue weighted by molar-refractivity contribution is 7.00. The van der Waals surface area contributed by atoms with Crippen LogP contribution < -0.4 is 26.2 Å². The second-order valence-corrected chi connectivity index (χ2v) is 25.0. The number of aromatic nitrogens is 1. The molecule has 0 aliphatic carbocycles. The molecule has 0 saturated heterocycles. The summed E-state index contributed by atoms with van der Waals surface area (Å²) in [7, 11) is 0. The number of rotatable bonds is 10. The van der Waals surface area contributed by atoms with Gasteiger partial charge in [0.25, 0.3) is 6.71 Å². The summed E-state index contributed by atoms with van der Waals surface area (Å²) < 4.78 is 9.58. The molecule has 0 fully saturated rings. The van der Waals surface area contributed by atoms with Crippen LogP contribution in [0.2, 0.25) is 0 Å². The topological polar surface area (TPSA) is 24.6 Å². The minimum Gasteiger partial charge on any atom is -0.454 e. The highest BCUT2D eigenvalue weighted by Gasteiger charge is 2.46. The summed E-state index contributed by atoms with van der Waals surface area (Å²) in [5.41, 5.74) is 31.0. The lowest BCUT2D eigenvalue weighted by atomic mass is 9.33. The zero-order chi connectivity index (χ0) is 62.5. The molecule has 17 aromatic rings. The van der Waals surface area contributed by atoms with E-state index in [1.807, 2.05) is 0 Å². The molecule has 95 heavy (non-hydrogen) atoms. The maximum atomic E-state index is 7.15. The zero-order valence-electron chi connectivity index (χ0n) is 51.8. The number of furan rings is 1. The van der Waals surface area contributed by atoms with Crippen molar-refractivity contribution in [2.75, 3.05) is 9.80 Å². The van der Waals surface area contributed by atoms with Gasteiger partial charge in [-0.3, -0.25) is 0 Å². The first-order valence-corrected chi connectivity index (χ1v) is 32.8. The van der Waals surface area contributed by atoms with Crippen LogP contribution in [0.5, 0.6) is 0 Å². The van der Waals surface area contributed by atoms with Crippen molar-refractivity contribution in [1.82, 2.24) is 4.57 Å². The normalized spacial score (nSPS) is 12.4. The average molecular weight is 1210 g/mol. The van der Waals surface area contributed by atoms with E-state index in [9.17, 15) is 0 Å². The number of nitrogens with zero attached hydrogens (tertiary/aromatic N) is 3. The van der Waals surface area contributed by atoms with Crippen molar-refractivity contribution in [3.8, 4) is 83.6 Å². The molecule has 2 aliphatic heterocycles. The van der Waals surface area contributed by atoms with E-state index in [4.69, 9.17) is 4.42 Å². The van der Waals surface area contributed by atoms with Crippen molar-refractivity contribution in [2.45, 2.75) is 0 Å². The van der Waals surface area contributed by atoms with Crippen molar-refractivity contribution >= 4 is 101 Å². The molecule has 0 radical (unpaired) electrons. The minimum atomic E-state index is -0.250. The molecule has 2 aliphatic rings. The first-order valence-electron chi connectivity index (χ1n) is 32.8. The van der Waals surface area contributed by atoms with E-state index in [0.717, 1.165) is 140 Å². The fourth-order valence-electron chi connectivity index (χ4n) is 15.6. The molecule has 4 nitrogen and oxygen atoms in total. The van der Waals surface area contributed by atoms with Gasteiger partial charge >= 0.3 is 0 Å². The fourth-order valence-corrected chi connectivity index (χ4v) is 15.6. The highest BCUT2D eigenvalue weighted by atomic mass is 16.3. The van der Waals surface area contributed by atoms with E-state index in [1.54, 1.807) is 0 Å². The van der Waals surface area contributed by atoms with Crippen LogP contribution in [-0.4, -0.2) is 11.3 Å². The number of anilines is 6. The van der Waals surface area contributed by atoms with E-state index in [-0.39, 0.29) is 6.71 Å². The maximum Gasteiger partial charge on any atom is 0.252 e. The molecular weight excluding hydrogens is 1150 g/mol. The molecule has 0 atom stereocenters. The van der Waals surface area contributed by atoms with Crippen molar-refractivity contribution in [1.29, 1.82) is 0 Å². The summed E-state index contributed by atoms with van der Waals surface area (Å²) in [5.74, 6) is 0. The summed E-state index contributed by atoms with van der Waals surface area (Å²) in [4.78, 5) is 5.30. The molecule has 0 saturated carbocycles. The summed E-state index contributed by atoms with van der Waals surface area (Å²) in [5, 5.41) is 4.49. The Hall–Kier alpha value is -12.4. The lowest BCUT2D eigenvalue weighted by Gasteiger charge is -2.46. The molecule has 2 aromatic heterocycles. The van der Waals surface area contributed by atoms with Gasteiger partial charge in [0.1, 0.15) is 5.58 Å². The lowest BCUT2D eigenvalue weighted by molar-refractivity contribution is 0.666. The molecule has 4 heterocycles. The summed E-state index contributed by atoms with van der Waals surface area (Å²) in [6.07, 6.45) is 0. The Labute approximate surface area is 551 Å². The van der Waals surface area contributed by atoms with Gasteiger partial charge in [0, 0.05) is 66.5 Å². The smallest absolute Gasteiger partial charge is 0.252 e. The first kappa shape index (κ1) is 54.3. The Bertz CT molecular complexity index is 5430. The van der Waals surface area contributed by atoms with Gasteiger partial charge in [-0.05, 0) is 127 Å². The van der Waals surface area contributed by atoms with Crippen LogP contribution in [0.1, 0.15) is 0 Å². The molecule has 19 rings (SSSR count). The predicted octanol–water partition coefficient (Wildman–Crippen LogP) is 22.4. The molecule has 0 spiro atoms. The standard InChI is InChI=1S/C90H58BN3O/c1-7-27-59(28-8-1)65-49-51-81-77(54-65)91-78-55-66(60-29-9-2-10-30-60)50-52-82(78)94(89-71(63-35-15-5-16-36-63)44-26-45-72(89)64-37-17-6-18-38-64)84-57-68(56-83(87(84)91)93(81)88-69(61-31-11-3-12-32-61)42-25-43-70(88)62-33-13-4-14-34-62)67-53-76-75-41-21-24-48-86(75)95-90(76)85(58-67)92-79-46-22-19-39-73(79)74-40-20-23-47-80(74)92/h1-58H. The summed E-state index contributed by atoms with van der Waals surface area (Å²) >= 11 is 0. The Morgan fingerprint density at radius 3 is 1.02 bits per heavy atom. The second-order valence-electron chi connectivity index (χ2n) is 25.0. The van der Waals surface area contributed by atoms with Crippen LogP contribution in [-0.2, 0) is 0 Å². The number of fused-ring (bicyclic) bond motifs is 10. The highest BCUT2D eigenvalue weighted by Crippen LogP contribution is 2.55. The first-order chi connectivity index (χ1) is 47.2. The third-order valence-electron chi connectivity index (χ3n) is 19.8. The largest absolute Gasteiger partial charge is 0.454 e. The molecule has 0 bridgehead atoms. The van der Waals surface area contributed by atoms with Gasteiger partial charge in [0.2, 0.25) is 0 Å². The third kappa shape index (κ3) is 8.78. The number of benzene rings is 15. The molecule has 0 unspecified atom stereocenters. The minimum absolute atomic E-state index is 0.250. The van der Waals surface area contributed by atoms with E-state index < -0.39 is 0 Å². The van der Waals surface area contributed by atoms with Crippen molar-refractivity contribution < 1.29 is 4.42 Å². The van der Waals surface area contributed by atoms with Crippen LogP contribution in [0.3, 0.4) is 0 Å². The van der Waals surface area contributed by atoms with Gasteiger partial charge in [0.05, 0.1) is 28.1 Å². The maximum absolute atomic E-state index is 7.15. The lowest BCUT2D eigenvalue weighted by Crippen LogP contribution is -2.61. The monoisotopic (exact) mass is 1210 g/mol. The number of para-hydroxylation sites is 5. The van der Waals surface area contributed by atoms with Crippen LogP contribution in [0.15, 0.2) is 356 Å². The van der Waals surface area contributed by atoms with E-state index in [0.29, 0.717) is 0 Å². The fraction of sp³-hybridized carbons (Fsp3) is 0. The molecule has 0 N–H and O–H groups in total. The van der Waals surface area contributed by atoms with Crippen molar-refractivity contribution in [2.24, 2.45) is 0 Å². The predicted molar refractivity (Wildman–Crippen MR) is 400 cm³/mol. The zero-order valence-corrected chi connectivity index (χ0v) is 51.8. The SMILES string of the molecule is c1ccc(-c2ccc3c(c2)B2c4cc(-c5ccccc5)ccc4N(c4c(-c5ccccc5)cccc4-c4ccccc4)c4cc(-c5cc(-n6c7ccccc7c7ccccc76)c6oc7ccccc7c6c5)cc(c42)N3c2c(-c3ccccc3)cccc2-c2ccccc2)cc1. The molecule has 5 heteroatoms. The van der Waals surface area contributed by atoms with E-state index in [1.165, 1.54) is 38.3 Å². The van der Waals surface area contributed by atoms with E-state index in [2.05, 4.69) is 366 Å². The van der Waals surface area contributed by atoms with Crippen LogP contribution in [0, 0.1) is 0 Å². The van der Waals surface area contributed by atoms with Gasteiger partial charge in [-0.15, -0.1) is 0 Å². The molecule has 442 valence electrons. The number of hydrogen-bond donors (Lipinski definition) is 0. The summed E-state index contributed by atoms with van der Waals surface area (Å²) in [6.45, 7) is -0.250. The third-order valence-corrected chi connectivity index (χ3v) is 19.8. The van der Waals surface area contributed by atoms with Gasteiger partial charge < -0.3 is 18.8 Å². The summed E-state index contributed by atoms with van der Waals surface area (Å²) in [6, 6.07) is 130. The Morgan fingerprint density at radius 2 is 0.589 bits per heavy atom. The van der Waals surface area contributed by atoms with E-state index >= 15 is 0 Å². The van der Waals surface area contributed by atoms with Gasteiger partial charge in [0.15, 0.2) is 5.58 Å². The van der Waals surface area contributed by atoms with Crippen molar-refractivity contribution in [3.63, 3.8) is 0 Å². The quantitative estimate of drug-likeness (QED) is 0.128. The van der Waals surface area contributed by atoms with Gasteiger partial charge in [-0.25, -0.2) is 0 Å². The molecule has 0 amide bonds. The molecule has 15 aromatic carbocycles. The van der Waals surface area contributed by atoms with Gasteiger partial charge in [-0.2, -0.15) is 0 Å². The van der Waals surface area contributed by atoms with Crippen LogP contribution >= 0.6 is 0 Å². The number of hydrogen-bond acceptors (Lipinski definition) is 3. The average Bonchev–Trinajstić information content (AvgIpc) is 1.36. The second kappa shape index (κ2) is 22.2. The van der Waals surface area contributed by atoms with Crippen LogP contribution in [0.25, 0.3) is 127 Å². The Kier molecular flexibility index (Phi) is 12.7. The Morgan fingerprint density at radius 1 is 0.232 bits per heavy atom. The van der Waals surface area contributed by atoms with Crippen LogP contribution in [0.4, 0.5) is 34.1 Å². The van der Waals surface area contributed by atoms with Crippen molar-refractivity contribution in [3.05, 3.63) is 352 Å². The molecular formula is C90H58BN3O. The van der Waals surface area contributed by atoms with Gasteiger partial charge in [-0.1, -0.05) is 297 Å². The Balaban J connectivity index is 1.01.